The second kappa shape index (κ2) is 11.8. The van der Waals surface area contributed by atoms with E-state index in [4.69, 9.17) is 4.74 Å². The first-order valence-corrected chi connectivity index (χ1v) is 15.7. The van der Waals surface area contributed by atoms with Crippen LogP contribution in [0, 0.1) is 0 Å². The van der Waals surface area contributed by atoms with Crippen molar-refractivity contribution in [2.45, 2.75) is 67.7 Å². The van der Waals surface area contributed by atoms with Gasteiger partial charge in [0.05, 0.1) is 12.0 Å². The van der Waals surface area contributed by atoms with Crippen LogP contribution in [-0.4, -0.2) is 59.1 Å². The number of ether oxygens (including phenoxy) is 1. The van der Waals surface area contributed by atoms with E-state index in [1.807, 2.05) is 6.92 Å². The highest BCUT2D eigenvalue weighted by atomic mass is 32.2. The third kappa shape index (κ3) is 6.36. The number of hydrogen-bond donors (Lipinski definition) is 2. The molecule has 0 saturated carbocycles. The van der Waals surface area contributed by atoms with E-state index in [9.17, 15) is 21.6 Å². The van der Waals surface area contributed by atoms with Crippen molar-refractivity contribution in [3.63, 3.8) is 0 Å². The van der Waals surface area contributed by atoms with Crippen molar-refractivity contribution in [3.8, 4) is 5.75 Å². The van der Waals surface area contributed by atoms with Gasteiger partial charge in [0, 0.05) is 36.8 Å². The molecule has 0 aromatic heterocycles. The minimum absolute atomic E-state index is 0.0518. The van der Waals surface area contributed by atoms with Gasteiger partial charge < -0.3 is 10.1 Å². The number of hydrogen-bond acceptors (Lipinski definition) is 7. The molecule has 0 bridgehead atoms. The van der Waals surface area contributed by atoms with Gasteiger partial charge >= 0.3 is 0 Å². The number of aliphatic imine (C=N–C) groups is 1. The summed E-state index contributed by atoms with van der Waals surface area (Å²) >= 11 is 0. The first kappa shape index (κ1) is 28.1. The van der Waals surface area contributed by atoms with Crippen LogP contribution < -0.4 is 14.8 Å². The summed E-state index contributed by atoms with van der Waals surface area (Å²) in [6.45, 7) is 2.90. The van der Waals surface area contributed by atoms with E-state index in [2.05, 4.69) is 15.0 Å². The summed E-state index contributed by atoms with van der Waals surface area (Å²) < 4.78 is 61.7. The van der Waals surface area contributed by atoms with Crippen molar-refractivity contribution in [1.82, 2.24) is 9.03 Å². The van der Waals surface area contributed by atoms with E-state index >= 15 is 0 Å². The number of anilines is 1. The van der Waals surface area contributed by atoms with E-state index in [-0.39, 0.29) is 27.1 Å². The predicted octanol–water partition coefficient (Wildman–Crippen LogP) is 3.76. The summed E-state index contributed by atoms with van der Waals surface area (Å²) in [5.41, 5.74) is 0.504. The van der Waals surface area contributed by atoms with Crippen molar-refractivity contribution >= 4 is 37.5 Å². The maximum atomic E-state index is 13.4. The van der Waals surface area contributed by atoms with Gasteiger partial charge in [-0.3, -0.25) is 14.5 Å². The van der Waals surface area contributed by atoms with Crippen molar-refractivity contribution in [1.29, 1.82) is 0 Å². The number of benzene rings is 2. The fourth-order valence-electron chi connectivity index (χ4n) is 4.67. The van der Waals surface area contributed by atoms with Gasteiger partial charge in [0.25, 0.3) is 15.9 Å². The molecule has 2 N–H and O–H groups in total. The molecule has 0 radical (unpaired) electrons. The second-order valence-electron chi connectivity index (χ2n) is 9.55. The summed E-state index contributed by atoms with van der Waals surface area (Å²) in [6, 6.07) is 9.90. The SMILES string of the molecule is COc1ccc(C(=O)Nc2ccc(S(=O)(=O)NC3=NCCCCC3)cc2)cc1S(=O)(=O)N1CCCC[C@@H]1C. The number of amides is 1. The maximum absolute atomic E-state index is 13.4. The van der Waals surface area contributed by atoms with E-state index in [1.165, 1.54) is 53.9 Å². The average Bonchev–Trinajstić information content (AvgIpc) is 3.17. The molecule has 2 aliphatic rings. The monoisotopic (exact) mass is 562 g/mol. The zero-order valence-electron chi connectivity index (χ0n) is 21.6. The molecule has 206 valence electrons. The zero-order chi connectivity index (χ0) is 27.3. The molecule has 0 aliphatic carbocycles. The van der Waals surface area contributed by atoms with Crippen LogP contribution in [0.5, 0.6) is 5.75 Å². The molecule has 1 amide bonds. The minimum atomic E-state index is -3.87. The molecular weight excluding hydrogens is 528 g/mol. The van der Waals surface area contributed by atoms with Crippen LogP contribution in [0.1, 0.15) is 62.2 Å². The van der Waals surface area contributed by atoms with Crippen LogP contribution in [-0.2, 0) is 20.0 Å². The molecular formula is C26H34N4O6S2. The summed E-state index contributed by atoms with van der Waals surface area (Å²) in [6.07, 6.45) is 5.96. The third-order valence-corrected chi connectivity index (χ3v) is 10.2. The molecule has 4 rings (SSSR count). The first-order valence-electron chi connectivity index (χ1n) is 12.8. The fourth-order valence-corrected chi connectivity index (χ4v) is 7.64. The van der Waals surface area contributed by atoms with Gasteiger partial charge in [-0.15, -0.1) is 0 Å². The molecule has 2 aromatic carbocycles. The number of methoxy groups -OCH3 is 1. The molecule has 12 heteroatoms. The lowest BCUT2D eigenvalue weighted by molar-refractivity contribution is 0.102. The standard InChI is InChI=1S/C26H34N4O6S2/c1-19-8-5-7-17-30(19)38(34,35)24-18-20(10-15-23(24)36-2)26(31)28-21-11-13-22(14-12-21)37(32,33)29-25-9-4-3-6-16-27-25/h10-15,18-19H,3-9,16-17H2,1-2H3,(H,27,29)(H,28,31)/t19-/m0/s1. The lowest BCUT2D eigenvalue weighted by Crippen LogP contribution is -2.42. The van der Waals surface area contributed by atoms with Crippen LogP contribution in [0.2, 0.25) is 0 Å². The number of rotatable bonds is 7. The Labute approximate surface area is 224 Å². The van der Waals surface area contributed by atoms with Gasteiger partial charge in [0.15, 0.2) is 0 Å². The Balaban J connectivity index is 1.50. The van der Waals surface area contributed by atoms with E-state index in [1.54, 1.807) is 0 Å². The molecule has 0 spiro atoms. The number of carbonyl (C=O) groups is 1. The Morgan fingerprint density at radius 1 is 1.00 bits per heavy atom. The summed E-state index contributed by atoms with van der Waals surface area (Å²) in [7, 11) is -6.28. The van der Waals surface area contributed by atoms with E-state index in [0.717, 1.165) is 38.5 Å². The van der Waals surface area contributed by atoms with Gasteiger partial charge in [0.2, 0.25) is 10.0 Å². The number of amidine groups is 1. The van der Waals surface area contributed by atoms with Crippen LogP contribution >= 0.6 is 0 Å². The Morgan fingerprint density at radius 3 is 2.47 bits per heavy atom. The maximum Gasteiger partial charge on any atom is 0.262 e. The molecule has 0 unspecified atom stereocenters. The van der Waals surface area contributed by atoms with Gasteiger partial charge in [-0.25, -0.2) is 16.8 Å². The summed E-state index contributed by atoms with van der Waals surface area (Å²) in [5.74, 6) is 0.0982. The van der Waals surface area contributed by atoms with Gasteiger partial charge in [-0.2, -0.15) is 4.31 Å². The number of carbonyl (C=O) groups excluding carboxylic acids is 1. The van der Waals surface area contributed by atoms with Crippen LogP contribution in [0.3, 0.4) is 0 Å². The number of nitrogens with zero attached hydrogens (tertiary/aromatic N) is 2. The van der Waals surface area contributed by atoms with Gasteiger partial charge in [-0.1, -0.05) is 12.8 Å². The highest BCUT2D eigenvalue weighted by Crippen LogP contribution is 2.32. The third-order valence-electron chi connectivity index (χ3n) is 6.80. The Bertz CT molecular complexity index is 1410. The summed E-state index contributed by atoms with van der Waals surface area (Å²) in [5, 5.41) is 2.70. The smallest absolute Gasteiger partial charge is 0.262 e. The van der Waals surface area contributed by atoms with Crippen molar-refractivity contribution in [2.75, 3.05) is 25.5 Å². The quantitative estimate of drug-likeness (QED) is 0.528. The molecule has 1 atom stereocenters. The first-order chi connectivity index (χ1) is 18.1. The van der Waals surface area contributed by atoms with Crippen molar-refractivity contribution in [2.24, 2.45) is 4.99 Å². The zero-order valence-corrected chi connectivity index (χ0v) is 23.3. The summed E-state index contributed by atoms with van der Waals surface area (Å²) in [4.78, 5) is 17.3. The number of piperidine rings is 1. The van der Waals surface area contributed by atoms with Crippen molar-refractivity contribution < 1.29 is 26.4 Å². The van der Waals surface area contributed by atoms with Gasteiger partial charge in [-0.05, 0) is 75.1 Å². The highest BCUT2D eigenvalue weighted by Gasteiger charge is 2.33. The molecule has 2 aromatic rings. The lowest BCUT2D eigenvalue weighted by atomic mass is 10.1. The van der Waals surface area contributed by atoms with E-state index in [0.29, 0.717) is 31.0 Å². The predicted molar refractivity (Wildman–Crippen MR) is 146 cm³/mol. The molecule has 10 nitrogen and oxygen atoms in total. The fraction of sp³-hybridized carbons (Fsp3) is 0.462. The normalized spacial score (nSPS) is 19.2. The number of sulfonamides is 2. The Morgan fingerprint density at radius 2 is 1.76 bits per heavy atom. The largest absolute Gasteiger partial charge is 0.495 e. The van der Waals surface area contributed by atoms with Crippen LogP contribution in [0.4, 0.5) is 5.69 Å². The minimum Gasteiger partial charge on any atom is -0.495 e. The van der Waals surface area contributed by atoms with Gasteiger partial charge in [0.1, 0.15) is 16.5 Å². The van der Waals surface area contributed by atoms with Crippen LogP contribution in [0.15, 0.2) is 57.2 Å². The second-order valence-corrected chi connectivity index (χ2v) is 13.1. The van der Waals surface area contributed by atoms with Crippen LogP contribution in [0.25, 0.3) is 0 Å². The average molecular weight is 563 g/mol. The topological polar surface area (TPSA) is 134 Å². The molecule has 1 saturated heterocycles. The molecule has 38 heavy (non-hydrogen) atoms. The van der Waals surface area contributed by atoms with E-state index < -0.39 is 26.0 Å². The van der Waals surface area contributed by atoms with Crippen molar-refractivity contribution in [3.05, 3.63) is 48.0 Å². The Hall–Kier alpha value is -2.96. The molecule has 2 aliphatic heterocycles. The Kier molecular flexibility index (Phi) is 8.74. The highest BCUT2D eigenvalue weighted by molar-refractivity contribution is 7.90. The molecule has 2 heterocycles. The lowest BCUT2D eigenvalue weighted by Gasteiger charge is -2.32. The number of nitrogens with one attached hydrogen (secondary N) is 2. The molecule has 1 fully saturated rings.